The second-order valence-corrected chi connectivity index (χ2v) is 2.86. The minimum atomic E-state index is -0.615. The van der Waals surface area contributed by atoms with E-state index in [-0.39, 0.29) is 5.88 Å². The summed E-state index contributed by atoms with van der Waals surface area (Å²) in [4.78, 5) is 27.1. The Balaban J connectivity index is 3.11. The topological polar surface area (TPSA) is 70.4 Å². The first-order valence-corrected chi connectivity index (χ1v) is 4.47. The van der Waals surface area contributed by atoms with Crippen LogP contribution in [0.5, 0.6) is 5.88 Å². The Labute approximate surface area is 86.4 Å². The molecule has 82 valence electrons. The molecule has 0 N–H and O–H groups in total. The lowest BCUT2D eigenvalue weighted by atomic mass is 10.3. The van der Waals surface area contributed by atoms with Crippen LogP contribution in [0.25, 0.3) is 0 Å². The first kappa shape index (κ1) is 11.2. The van der Waals surface area contributed by atoms with E-state index in [0.29, 0.717) is 17.0 Å². The number of carbonyl (C=O) groups is 1. The molecule has 0 unspecified atom stereocenters. The van der Waals surface area contributed by atoms with Crippen molar-refractivity contribution in [2.24, 2.45) is 0 Å². The molecule has 0 fully saturated rings. The molecule has 0 aliphatic rings. The molecule has 0 bridgehead atoms. The maximum atomic E-state index is 11.3. The molecule has 0 atom stereocenters. The molecule has 0 aliphatic carbocycles. The molecule has 0 aliphatic heterocycles. The number of carbonyl (C=O) groups excluding carboxylic acids is 1. The van der Waals surface area contributed by atoms with Gasteiger partial charge in [-0.2, -0.15) is 0 Å². The Morgan fingerprint density at radius 3 is 2.80 bits per heavy atom. The summed E-state index contributed by atoms with van der Waals surface area (Å²) in [5.74, 6) is -0.339. The van der Waals surface area contributed by atoms with Crippen LogP contribution < -0.4 is 15.1 Å². The fraction of sp³-hybridized carbons (Fsp3) is 0.444. The maximum absolute atomic E-state index is 11.3. The summed E-state index contributed by atoms with van der Waals surface area (Å²) in [5.41, 5.74) is 0.0939. The lowest BCUT2D eigenvalue weighted by Crippen LogP contribution is -2.32. The van der Waals surface area contributed by atoms with Crippen LogP contribution in [0.4, 0.5) is 0 Å². The molecule has 0 amide bonds. The first-order valence-electron chi connectivity index (χ1n) is 4.47. The monoisotopic (exact) mass is 212 g/mol. The van der Waals surface area contributed by atoms with Gasteiger partial charge >= 0.3 is 11.5 Å². The van der Waals surface area contributed by atoms with Crippen molar-refractivity contribution < 1.29 is 14.4 Å². The molecular formula is C9H12N2O4. The van der Waals surface area contributed by atoms with Gasteiger partial charge in [0, 0.05) is 18.6 Å². The Morgan fingerprint density at radius 1 is 1.60 bits per heavy atom. The second-order valence-electron chi connectivity index (χ2n) is 2.86. The van der Waals surface area contributed by atoms with Crippen molar-refractivity contribution in [1.29, 1.82) is 0 Å². The number of nitrogens with zero attached hydrogens (tertiary/aromatic N) is 2. The lowest BCUT2D eigenvalue weighted by molar-refractivity contribution is -0.143. The van der Waals surface area contributed by atoms with Gasteiger partial charge in [0.15, 0.2) is 0 Å². The SMILES string of the molecule is CCOc1nn(OC(C)=O)c(=O)cc1C. The van der Waals surface area contributed by atoms with Crippen molar-refractivity contribution in [3.05, 3.63) is 22.0 Å². The van der Waals surface area contributed by atoms with Gasteiger partial charge in [0.25, 0.3) is 0 Å². The van der Waals surface area contributed by atoms with E-state index < -0.39 is 11.5 Å². The van der Waals surface area contributed by atoms with Gasteiger partial charge in [-0.15, -0.1) is 0 Å². The molecule has 0 aromatic carbocycles. The van der Waals surface area contributed by atoms with Crippen LogP contribution in [-0.4, -0.2) is 22.5 Å². The highest BCUT2D eigenvalue weighted by Crippen LogP contribution is 2.09. The smallest absolute Gasteiger partial charge is 0.332 e. The van der Waals surface area contributed by atoms with E-state index in [0.717, 1.165) is 0 Å². The Kier molecular flexibility index (Phi) is 3.43. The van der Waals surface area contributed by atoms with Crippen LogP contribution in [0.2, 0.25) is 0 Å². The third kappa shape index (κ3) is 2.80. The van der Waals surface area contributed by atoms with Crippen LogP contribution in [-0.2, 0) is 4.79 Å². The second kappa shape index (κ2) is 4.59. The Bertz CT molecular complexity index is 425. The van der Waals surface area contributed by atoms with Crippen molar-refractivity contribution in [3.63, 3.8) is 0 Å². The van der Waals surface area contributed by atoms with E-state index in [2.05, 4.69) is 9.94 Å². The summed E-state index contributed by atoms with van der Waals surface area (Å²) in [6.45, 7) is 5.10. The van der Waals surface area contributed by atoms with Gasteiger partial charge in [-0.05, 0) is 18.7 Å². The summed E-state index contributed by atoms with van der Waals surface area (Å²) in [7, 11) is 0. The maximum Gasteiger partial charge on any atom is 0.332 e. The highest BCUT2D eigenvalue weighted by Gasteiger charge is 2.08. The molecule has 6 nitrogen and oxygen atoms in total. The molecule has 1 aromatic heterocycles. The van der Waals surface area contributed by atoms with Crippen molar-refractivity contribution in [2.75, 3.05) is 6.61 Å². The third-order valence-corrected chi connectivity index (χ3v) is 1.54. The first-order chi connectivity index (χ1) is 7.04. The number of hydrogen-bond acceptors (Lipinski definition) is 5. The van der Waals surface area contributed by atoms with Gasteiger partial charge in [-0.25, -0.2) is 4.79 Å². The van der Waals surface area contributed by atoms with Crippen molar-refractivity contribution in [2.45, 2.75) is 20.8 Å². The molecule has 0 spiro atoms. The van der Waals surface area contributed by atoms with Crippen LogP contribution in [0.1, 0.15) is 19.4 Å². The van der Waals surface area contributed by atoms with Crippen molar-refractivity contribution >= 4 is 5.97 Å². The van der Waals surface area contributed by atoms with E-state index >= 15 is 0 Å². The van der Waals surface area contributed by atoms with Gasteiger partial charge in [-0.1, -0.05) is 5.10 Å². The predicted octanol–water partition coefficient (Wildman–Crippen LogP) is -0.0745. The molecule has 6 heteroatoms. The fourth-order valence-corrected chi connectivity index (χ4v) is 0.979. The zero-order valence-electron chi connectivity index (χ0n) is 8.81. The van der Waals surface area contributed by atoms with Gasteiger partial charge in [-0.3, -0.25) is 4.79 Å². The Hall–Kier alpha value is -1.85. The lowest BCUT2D eigenvalue weighted by Gasteiger charge is -2.07. The minimum absolute atomic E-state index is 0.276. The standard InChI is InChI=1S/C9H12N2O4/c1-4-14-9-6(2)5-8(13)11(10-9)15-7(3)12/h5H,4H2,1-3H3. The van der Waals surface area contributed by atoms with E-state index in [4.69, 9.17) is 4.74 Å². The van der Waals surface area contributed by atoms with E-state index in [9.17, 15) is 9.59 Å². The molecule has 0 radical (unpaired) electrons. The Morgan fingerprint density at radius 2 is 2.27 bits per heavy atom. The van der Waals surface area contributed by atoms with E-state index in [1.54, 1.807) is 13.8 Å². The molecule has 0 saturated heterocycles. The number of aromatic nitrogens is 2. The third-order valence-electron chi connectivity index (χ3n) is 1.54. The fourth-order valence-electron chi connectivity index (χ4n) is 0.979. The average molecular weight is 212 g/mol. The van der Waals surface area contributed by atoms with Crippen molar-refractivity contribution in [3.8, 4) is 5.88 Å². The van der Waals surface area contributed by atoms with E-state index in [1.807, 2.05) is 0 Å². The summed E-state index contributed by atoms with van der Waals surface area (Å²) < 4.78 is 5.15. The highest BCUT2D eigenvalue weighted by atomic mass is 16.7. The summed E-state index contributed by atoms with van der Waals surface area (Å²) >= 11 is 0. The largest absolute Gasteiger partial charge is 0.477 e. The molecule has 1 rings (SSSR count). The normalized spacial score (nSPS) is 9.80. The van der Waals surface area contributed by atoms with Crippen LogP contribution in [0, 0.1) is 6.92 Å². The number of aryl methyl sites for hydroxylation is 1. The van der Waals surface area contributed by atoms with Crippen LogP contribution in [0.3, 0.4) is 0 Å². The summed E-state index contributed by atoms with van der Waals surface area (Å²) in [6, 6.07) is 1.29. The summed E-state index contributed by atoms with van der Waals surface area (Å²) in [5, 5.41) is 3.74. The molecule has 1 heterocycles. The predicted molar refractivity (Wildman–Crippen MR) is 51.7 cm³/mol. The minimum Gasteiger partial charge on any atom is -0.477 e. The molecule has 0 saturated carbocycles. The highest BCUT2D eigenvalue weighted by molar-refractivity contribution is 5.66. The zero-order chi connectivity index (χ0) is 11.4. The summed E-state index contributed by atoms with van der Waals surface area (Å²) in [6.07, 6.45) is 0. The number of rotatable bonds is 3. The zero-order valence-corrected chi connectivity index (χ0v) is 8.81. The van der Waals surface area contributed by atoms with Crippen LogP contribution in [0.15, 0.2) is 10.9 Å². The van der Waals surface area contributed by atoms with E-state index in [1.165, 1.54) is 13.0 Å². The molecular weight excluding hydrogens is 200 g/mol. The van der Waals surface area contributed by atoms with Gasteiger partial charge in [0.2, 0.25) is 5.88 Å². The average Bonchev–Trinajstić information content (AvgIpc) is 2.12. The number of ether oxygens (including phenoxy) is 1. The molecule has 15 heavy (non-hydrogen) atoms. The van der Waals surface area contributed by atoms with Crippen LogP contribution >= 0.6 is 0 Å². The number of hydrogen-bond donors (Lipinski definition) is 0. The molecule has 1 aromatic rings. The quantitative estimate of drug-likeness (QED) is 0.701. The van der Waals surface area contributed by atoms with Gasteiger partial charge < -0.3 is 9.57 Å². The van der Waals surface area contributed by atoms with Gasteiger partial charge in [0.05, 0.1) is 6.61 Å². The van der Waals surface area contributed by atoms with Gasteiger partial charge in [0.1, 0.15) is 0 Å². The van der Waals surface area contributed by atoms with Crippen molar-refractivity contribution in [1.82, 2.24) is 9.94 Å².